The summed E-state index contributed by atoms with van der Waals surface area (Å²) >= 11 is 7.64. The number of alkyl halides is 3. The molecule has 0 saturated carbocycles. The lowest BCUT2D eigenvalue weighted by Gasteiger charge is -2.12. The van der Waals surface area contributed by atoms with Gasteiger partial charge in [0.1, 0.15) is 5.82 Å². The van der Waals surface area contributed by atoms with Gasteiger partial charge in [0.2, 0.25) is 0 Å². The van der Waals surface area contributed by atoms with Crippen LogP contribution in [0.1, 0.15) is 5.56 Å². The van der Waals surface area contributed by atoms with Gasteiger partial charge in [-0.15, -0.1) is 11.3 Å². The molecule has 6 nitrogen and oxygen atoms in total. The minimum Gasteiger partial charge on any atom is -0.368 e. The normalized spacial score (nSPS) is 11.4. The molecule has 0 saturated heterocycles. The van der Waals surface area contributed by atoms with Crippen molar-refractivity contribution in [2.45, 2.75) is 6.18 Å². The molecule has 0 aliphatic carbocycles. The molecular formula is C22H17ClF3N5OS. The fourth-order valence-electron chi connectivity index (χ4n) is 3.03. The molecule has 11 heteroatoms. The molecule has 4 aromatic rings. The number of urea groups is 1. The second-order valence-electron chi connectivity index (χ2n) is 6.92. The minimum absolute atomic E-state index is 0.250. The molecule has 33 heavy (non-hydrogen) atoms. The monoisotopic (exact) mass is 491 g/mol. The van der Waals surface area contributed by atoms with Crippen molar-refractivity contribution in [2.24, 2.45) is 0 Å². The van der Waals surface area contributed by atoms with Gasteiger partial charge in [-0.3, -0.25) is 0 Å². The molecule has 4 rings (SSSR count). The zero-order valence-electron chi connectivity index (χ0n) is 16.9. The predicted molar refractivity (Wildman–Crippen MR) is 125 cm³/mol. The average Bonchev–Trinajstić information content (AvgIpc) is 3.31. The van der Waals surface area contributed by atoms with Gasteiger partial charge in [0.25, 0.3) is 0 Å². The number of rotatable bonds is 6. The first kappa shape index (κ1) is 22.8. The predicted octanol–water partition coefficient (Wildman–Crippen LogP) is 6.26. The zero-order valence-corrected chi connectivity index (χ0v) is 18.5. The number of amides is 2. The minimum atomic E-state index is -4.42. The molecule has 0 spiro atoms. The largest absolute Gasteiger partial charge is 0.416 e. The first-order valence-corrected chi connectivity index (χ1v) is 11.0. The van der Waals surface area contributed by atoms with Crippen molar-refractivity contribution in [1.82, 2.24) is 15.3 Å². The summed E-state index contributed by atoms with van der Waals surface area (Å²) in [5, 5.41) is 11.6. The summed E-state index contributed by atoms with van der Waals surface area (Å²) in [6, 6.07) is 12.9. The first-order valence-electron chi connectivity index (χ1n) is 9.77. The summed E-state index contributed by atoms with van der Waals surface area (Å²) < 4.78 is 37.9. The molecule has 2 aromatic carbocycles. The number of halogens is 4. The van der Waals surface area contributed by atoms with Crippen LogP contribution in [0.4, 0.5) is 29.5 Å². The Kier molecular flexibility index (Phi) is 6.66. The molecule has 0 unspecified atom stereocenters. The Morgan fingerprint density at radius 1 is 1.03 bits per heavy atom. The standard InChI is InChI=1S/C22H17ClF3N5OS/c23-14-5-8-16-17(12-14)30-20(18-2-1-11-33-18)31-19(16)27-9-10-28-21(32)29-15-6-3-13(4-7-15)22(24,25)26/h1-8,11-12H,9-10H2,(H,27,30,31)(H2,28,29,32). The average molecular weight is 492 g/mol. The van der Waals surface area contributed by atoms with E-state index < -0.39 is 17.8 Å². The second kappa shape index (κ2) is 9.63. The number of nitrogens with zero attached hydrogens (tertiary/aromatic N) is 2. The van der Waals surface area contributed by atoms with Gasteiger partial charge >= 0.3 is 12.2 Å². The molecule has 2 aromatic heterocycles. The molecule has 0 fully saturated rings. The zero-order chi connectivity index (χ0) is 23.4. The summed E-state index contributed by atoms with van der Waals surface area (Å²) in [6.45, 7) is 0.610. The number of fused-ring (bicyclic) bond motifs is 1. The van der Waals surface area contributed by atoms with E-state index in [-0.39, 0.29) is 12.2 Å². The van der Waals surface area contributed by atoms with E-state index in [0.717, 1.165) is 22.4 Å². The van der Waals surface area contributed by atoms with E-state index in [1.165, 1.54) is 23.5 Å². The number of thiophene rings is 1. The van der Waals surface area contributed by atoms with Crippen LogP contribution >= 0.6 is 22.9 Å². The molecule has 0 aliphatic rings. The van der Waals surface area contributed by atoms with Crippen LogP contribution in [-0.4, -0.2) is 29.1 Å². The molecule has 3 N–H and O–H groups in total. The molecule has 170 valence electrons. The SMILES string of the molecule is O=C(NCCNc1nc(-c2cccs2)nc2cc(Cl)ccc12)Nc1ccc(C(F)(F)F)cc1. The molecule has 0 atom stereocenters. The van der Waals surface area contributed by atoms with Crippen molar-refractivity contribution < 1.29 is 18.0 Å². The number of anilines is 2. The Morgan fingerprint density at radius 2 is 1.82 bits per heavy atom. The van der Waals surface area contributed by atoms with Crippen LogP contribution in [0.15, 0.2) is 60.0 Å². The van der Waals surface area contributed by atoms with Crippen LogP contribution in [-0.2, 0) is 6.18 Å². The smallest absolute Gasteiger partial charge is 0.368 e. The summed E-state index contributed by atoms with van der Waals surface area (Å²) in [5.74, 6) is 1.17. The van der Waals surface area contributed by atoms with Crippen molar-refractivity contribution in [3.05, 3.63) is 70.6 Å². The summed E-state index contributed by atoms with van der Waals surface area (Å²) in [6.07, 6.45) is -4.42. The maximum atomic E-state index is 12.6. The number of benzene rings is 2. The maximum absolute atomic E-state index is 12.6. The Balaban J connectivity index is 1.37. The summed E-state index contributed by atoms with van der Waals surface area (Å²) in [4.78, 5) is 22.2. The highest BCUT2D eigenvalue weighted by atomic mass is 35.5. The third kappa shape index (κ3) is 5.71. The topological polar surface area (TPSA) is 78.9 Å². The summed E-state index contributed by atoms with van der Waals surface area (Å²) in [7, 11) is 0. The van der Waals surface area contributed by atoms with Crippen LogP contribution < -0.4 is 16.0 Å². The van der Waals surface area contributed by atoms with Crippen molar-refractivity contribution in [3.8, 4) is 10.7 Å². The van der Waals surface area contributed by atoms with E-state index >= 15 is 0 Å². The highest BCUT2D eigenvalue weighted by Gasteiger charge is 2.29. The lowest BCUT2D eigenvalue weighted by molar-refractivity contribution is -0.137. The van der Waals surface area contributed by atoms with Gasteiger partial charge in [-0.1, -0.05) is 17.7 Å². The lowest BCUT2D eigenvalue weighted by atomic mass is 10.2. The van der Waals surface area contributed by atoms with Gasteiger partial charge in [-0.25, -0.2) is 14.8 Å². The fourth-order valence-corrected chi connectivity index (χ4v) is 3.85. The highest BCUT2D eigenvalue weighted by Crippen LogP contribution is 2.30. The van der Waals surface area contributed by atoms with E-state index in [9.17, 15) is 18.0 Å². The number of nitrogens with one attached hydrogen (secondary N) is 3. The molecule has 0 bridgehead atoms. The number of hydrogen-bond donors (Lipinski definition) is 3. The van der Waals surface area contributed by atoms with Crippen LogP contribution in [0.2, 0.25) is 5.02 Å². The van der Waals surface area contributed by atoms with Gasteiger partial charge in [0.05, 0.1) is 16.0 Å². The van der Waals surface area contributed by atoms with E-state index in [1.54, 1.807) is 12.1 Å². The van der Waals surface area contributed by atoms with Crippen LogP contribution in [0, 0.1) is 0 Å². The Bertz CT molecular complexity index is 1260. The molecular weight excluding hydrogens is 475 g/mol. The van der Waals surface area contributed by atoms with Crippen molar-refractivity contribution >= 4 is 51.4 Å². The molecule has 0 radical (unpaired) electrons. The van der Waals surface area contributed by atoms with Crippen LogP contribution in [0.25, 0.3) is 21.6 Å². The quantitative estimate of drug-likeness (QED) is 0.278. The molecule has 2 amide bonds. The van der Waals surface area contributed by atoms with E-state index in [2.05, 4.69) is 25.9 Å². The van der Waals surface area contributed by atoms with Crippen LogP contribution in [0.3, 0.4) is 0 Å². The van der Waals surface area contributed by atoms with Gasteiger partial charge in [0, 0.05) is 29.2 Å². The highest BCUT2D eigenvalue weighted by molar-refractivity contribution is 7.13. The van der Waals surface area contributed by atoms with Gasteiger partial charge in [-0.05, 0) is 53.9 Å². The molecule has 2 heterocycles. The van der Waals surface area contributed by atoms with Gasteiger partial charge in [0.15, 0.2) is 5.82 Å². The third-order valence-electron chi connectivity index (χ3n) is 4.57. The third-order valence-corrected chi connectivity index (χ3v) is 5.67. The Hall–Kier alpha value is -3.37. The van der Waals surface area contributed by atoms with Crippen molar-refractivity contribution in [1.29, 1.82) is 0 Å². The van der Waals surface area contributed by atoms with E-state index in [4.69, 9.17) is 11.6 Å². The first-order chi connectivity index (χ1) is 15.8. The van der Waals surface area contributed by atoms with E-state index in [0.29, 0.717) is 28.7 Å². The van der Waals surface area contributed by atoms with Crippen molar-refractivity contribution in [2.75, 3.05) is 23.7 Å². The fraction of sp³-hybridized carbons (Fsp3) is 0.136. The second-order valence-corrected chi connectivity index (χ2v) is 8.30. The summed E-state index contributed by atoms with van der Waals surface area (Å²) in [5.41, 5.74) is 0.169. The van der Waals surface area contributed by atoms with Gasteiger partial charge in [-0.2, -0.15) is 13.2 Å². The Labute approximate surface area is 195 Å². The number of carbonyl (C=O) groups excluding carboxylic acids is 1. The lowest BCUT2D eigenvalue weighted by Crippen LogP contribution is -2.32. The van der Waals surface area contributed by atoms with E-state index in [1.807, 2.05) is 23.6 Å². The number of hydrogen-bond acceptors (Lipinski definition) is 5. The van der Waals surface area contributed by atoms with Crippen LogP contribution in [0.5, 0.6) is 0 Å². The Morgan fingerprint density at radius 3 is 2.52 bits per heavy atom. The maximum Gasteiger partial charge on any atom is 0.416 e. The van der Waals surface area contributed by atoms with Gasteiger partial charge < -0.3 is 16.0 Å². The molecule has 0 aliphatic heterocycles. The number of carbonyl (C=O) groups is 1. The van der Waals surface area contributed by atoms with Crippen molar-refractivity contribution in [3.63, 3.8) is 0 Å². The number of aromatic nitrogens is 2.